The van der Waals surface area contributed by atoms with Crippen molar-refractivity contribution in [2.45, 2.75) is 11.8 Å². The molecule has 0 spiro atoms. The smallest absolute Gasteiger partial charge is 0.258 e. The molecule has 0 bridgehead atoms. The molecule has 0 aliphatic carbocycles. The molecule has 3 aromatic rings. The zero-order valence-electron chi connectivity index (χ0n) is 12.5. The van der Waals surface area contributed by atoms with Gasteiger partial charge in [0, 0.05) is 17.7 Å². The van der Waals surface area contributed by atoms with Crippen molar-refractivity contribution < 1.29 is 13.3 Å². The summed E-state index contributed by atoms with van der Waals surface area (Å²) in [5, 5.41) is 18.0. The van der Waals surface area contributed by atoms with Gasteiger partial charge < -0.3 is 0 Å². The average molecular weight is 344 g/mol. The highest BCUT2D eigenvalue weighted by atomic mass is 32.2. The van der Waals surface area contributed by atoms with Crippen LogP contribution in [0.25, 0.3) is 11.3 Å². The van der Waals surface area contributed by atoms with Gasteiger partial charge in [0.1, 0.15) is 5.69 Å². The molecular weight excluding hydrogens is 332 g/mol. The maximum absolute atomic E-state index is 12.7. The minimum absolute atomic E-state index is 0.0841. The number of aryl methyl sites for hydroxylation is 1. The van der Waals surface area contributed by atoms with Gasteiger partial charge in [-0.3, -0.25) is 10.1 Å². The van der Waals surface area contributed by atoms with Crippen molar-refractivity contribution >= 4 is 15.7 Å². The van der Waals surface area contributed by atoms with Crippen LogP contribution in [0.2, 0.25) is 0 Å². The monoisotopic (exact) mass is 344 g/mol. The zero-order chi connectivity index (χ0) is 17.3. The summed E-state index contributed by atoms with van der Waals surface area (Å²) in [6, 6.07) is 11.9. The van der Waals surface area contributed by atoms with Crippen LogP contribution >= 0.6 is 0 Å². The van der Waals surface area contributed by atoms with E-state index in [2.05, 4.69) is 10.3 Å². The van der Waals surface area contributed by atoms with E-state index in [-0.39, 0.29) is 16.3 Å². The predicted octanol–water partition coefficient (Wildman–Crippen LogP) is 2.40. The van der Waals surface area contributed by atoms with Crippen LogP contribution in [0.3, 0.4) is 0 Å². The molecule has 0 saturated heterocycles. The second-order valence-electron chi connectivity index (χ2n) is 5.08. The van der Waals surface area contributed by atoms with Gasteiger partial charge in [0.15, 0.2) is 0 Å². The van der Waals surface area contributed by atoms with Crippen molar-refractivity contribution in [2.24, 2.45) is 0 Å². The number of benzene rings is 2. The molecule has 0 unspecified atom stereocenters. The van der Waals surface area contributed by atoms with Crippen LogP contribution in [0.4, 0.5) is 5.69 Å². The summed E-state index contributed by atoms with van der Waals surface area (Å²) in [6.07, 6.45) is 1.30. The summed E-state index contributed by atoms with van der Waals surface area (Å²) in [4.78, 5) is 10.3. The Balaban J connectivity index is 2.07. The third kappa shape index (κ3) is 2.76. The van der Waals surface area contributed by atoms with Gasteiger partial charge in [-0.15, -0.1) is 9.19 Å². The van der Waals surface area contributed by atoms with Crippen molar-refractivity contribution in [1.82, 2.24) is 14.4 Å². The molecule has 0 saturated carbocycles. The van der Waals surface area contributed by atoms with Crippen molar-refractivity contribution in [3.05, 3.63) is 70.4 Å². The molecule has 122 valence electrons. The van der Waals surface area contributed by atoms with E-state index >= 15 is 0 Å². The first-order valence-corrected chi connectivity index (χ1v) is 8.31. The van der Waals surface area contributed by atoms with Gasteiger partial charge in [-0.25, -0.2) is 0 Å². The van der Waals surface area contributed by atoms with E-state index in [1.807, 2.05) is 6.92 Å². The highest BCUT2D eigenvalue weighted by Crippen LogP contribution is 2.24. The molecular formula is C15H12N4O4S. The van der Waals surface area contributed by atoms with Crippen molar-refractivity contribution in [3.63, 3.8) is 0 Å². The van der Waals surface area contributed by atoms with E-state index in [1.54, 1.807) is 12.1 Å². The van der Waals surface area contributed by atoms with Gasteiger partial charge in [-0.1, -0.05) is 22.9 Å². The molecule has 9 heteroatoms. The highest BCUT2D eigenvalue weighted by Gasteiger charge is 2.22. The van der Waals surface area contributed by atoms with Gasteiger partial charge in [-0.05, 0) is 31.2 Å². The Morgan fingerprint density at radius 2 is 1.67 bits per heavy atom. The number of nitrogens with zero attached hydrogens (tertiary/aromatic N) is 4. The van der Waals surface area contributed by atoms with Crippen LogP contribution in [0.1, 0.15) is 5.56 Å². The van der Waals surface area contributed by atoms with Crippen molar-refractivity contribution in [1.29, 1.82) is 0 Å². The minimum Gasteiger partial charge on any atom is -0.258 e. The van der Waals surface area contributed by atoms with Gasteiger partial charge >= 0.3 is 0 Å². The van der Waals surface area contributed by atoms with Gasteiger partial charge in [0.2, 0.25) is 0 Å². The molecule has 24 heavy (non-hydrogen) atoms. The Hall–Kier alpha value is -3.07. The van der Waals surface area contributed by atoms with Crippen molar-refractivity contribution in [2.75, 3.05) is 0 Å². The summed E-state index contributed by atoms with van der Waals surface area (Å²) < 4.78 is 26.3. The number of hydrogen-bond acceptors (Lipinski definition) is 6. The summed E-state index contributed by atoms with van der Waals surface area (Å²) >= 11 is 0. The predicted molar refractivity (Wildman–Crippen MR) is 85.9 cm³/mol. The van der Waals surface area contributed by atoms with E-state index < -0.39 is 14.9 Å². The third-order valence-electron chi connectivity index (χ3n) is 3.44. The van der Waals surface area contributed by atoms with Crippen molar-refractivity contribution in [3.8, 4) is 11.3 Å². The molecule has 0 amide bonds. The largest absolute Gasteiger partial charge is 0.284 e. The quantitative estimate of drug-likeness (QED) is 0.531. The number of rotatable bonds is 4. The van der Waals surface area contributed by atoms with Crippen LogP contribution in [-0.2, 0) is 10.0 Å². The maximum Gasteiger partial charge on any atom is 0.284 e. The topological polar surface area (TPSA) is 108 Å². The van der Waals surface area contributed by atoms with Crippen LogP contribution in [-0.4, -0.2) is 27.7 Å². The molecule has 0 aliphatic rings. The number of nitro groups is 1. The molecule has 0 fully saturated rings. The first kappa shape index (κ1) is 15.8. The Labute approximate surface area is 137 Å². The summed E-state index contributed by atoms with van der Waals surface area (Å²) in [5.74, 6) is 0. The standard InChI is InChI=1S/C15H12N4O4S/c1-11-2-8-14(9-3-11)24(22,23)18-15(10-16-17-18)12-4-6-13(7-5-12)19(20)21/h2-10H,1H3. The van der Waals surface area contributed by atoms with E-state index in [9.17, 15) is 18.5 Å². The molecule has 0 N–H and O–H groups in total. The van der Waals surface area contributed by atoms with E-state index in [0.717, 1.165) is 9.65 Å². The Morgan fingerprint density at radius 1 is 1.04 bits per heavy atom. The zero-order valence-corrected chi connectivity index (χ0v) is 13.3. The lowest BCUT2D eigenvalue weighted by atomic mass is 10.1. The minimum atomic E-state index is -3.91. The second-order valence-corrected chi connectivity index (χ2v) is 6.85. The molecule has 0 aliphatic heterocycles. The summed E-state index contributed by atoms with van der Waals surface area (Å²) in [7, 11) is -3.91. The number of non-ortho nitro benzene ring substituents is 1. The number of aromatic nitrogens is 3. The molecule has 0 atom stereocenters. The molecule has 2 aromatic carbocycles. The molecule has 1 aromatic heterocycles. The summed E-state index contributed by atoms with van der Waals surface area (Å²) in [5.41, 5.74) is 1.54. The fourth-order valence-corrected chi connectivity index (χ4v) is 3.38. The van der Waals surface area contributed by atoms with Crippen LogP contribution < -0.4 is 0 Å². The molecule has 0 radical (unpaired) electrons. The SMILES string of the molecule is Cc1ccc(S(=O)(=O)n2nncc2-c2ccc([N+](=O)[O-])cc2)cc1. The fourth-order valence-electron chi connectivity index (χ4n) is 2.15. The van der Waals surface area contributed by atoms with E-state index in [1.165, 1.54) is 42.6 Å². The van der Waals surface area contributed by atoms with E-state index in [0.29, 0.717) is 5.56 Å². The van der Waals surface area contributed by atoms with Crippen LogP contribution in [0.5, 0.6) is 0 Å². The first-order valence-electron chi connectivity index (χ1n) is 6.87. The summed E-state index contributed by atoms with van der Waals surface area (Å²) in [6.45, 7) is 1.86. The van der Waals surface area contributed by atoms with Crippen LogP contribution in [0, 0.1) is 17.0 Å². The second kappa shape index (κ2) is 5.85. The lowest BCUT2D eigenvalue weighted by Crippen LogP contribution is -2.16. The average Bonchev–Trinajstić information content (AvgIpc) is 3.06. The molecule has 3 rings (SSSR count). The number of nitro benzene ring substituents is 1. The Morgan fingerprint density at radius 3 is 2.25 bits per heavy atom. The third-order valence-corrected chi connectivity index (χ3v) is 5.03. The van der Waals surface area contributed by atoms with Gasteiger partial charge in [0.05, 0.1) is 16.0 Å². The van der Waals surface area contributed by atoms with E-state index in [4.69, 9.17) is 0 Å². The maximum atomic E-state index is 12.7. The first-order chi connectivity index (χ1) is 11.4. The van der Waals surface area contributed by atoms with Gasteiger partial charge in [-0.2, -0.15) is 8.42 Å². The number of hydrogen-bond donors (Lipinski definition) is 0. The fraction of sp³-hybridized carbons (Fsp3) is 0.0667. The van der Waals surface area contributed by atoms with Gasteiger partial charge in [0.25, 0.3) is 15.7 Å². The van der Waals surface area contributed by atoms with Crippen LogP contribution in [0.15, 0.2) is 59.6 Å². The lowest BCUT2D eigenvalue weighted by molar-refractivity contribution is -0.384. The Kier molecular flexibility index (Phi) is 3.86. The lowest BCUT2D eigenvalue weighted by Gasteiger charge is -2.08. The molecule has 1 heterocycles. The normalized spacial score (nSPS) is 11.4. The Bertz CT molecular complexity index is 993. The highest BCUT2D eigenvalue weighted by molar-refractivity contribution is 7.90. The molecule has 8 nitrogen and oxygen atoms in total.